The molecule has 0 atom stereocenters. The van der Waals surface area contributed by atoms with Crippen LogP contribution in [0.25, 0.3) is 11.1 Å². The van der Waals surface area contributed by atoms with E-state index in [4.69, 9.17) is 11.6 Å². The molecule has 0 amide bonds. The highest BCUT2D eigenvalue weighted by Gasteiger charge is 2.02. The largest absolute Gasteiger partial charge is 0.207 e. The summed E-state index contributed by atoms with van der Waals surface area (Å²) in [7, 11) is 0. The molecule has 2 heteroatoms. The van der Waals surface area contributed by atoms with E-state index in [0.717, 1.165) is 11.1 Å². The number of halogens is 2. The molecule has 0 nitrogen and oxygen atoms in total. The van der Waals surface area contributed by atoms with Gasteiger partial charge in [-0.15, -0.1) is 0 Å². The molecule has 0 aromatic heterocycles. The van der Waals surface area contributed by atoms with Gasteiger partial charge in [-0.1, -0.05) is 41.9 Å². The van der Waals surface area contributed by atoms with Crippen LogP contribution in [0.5, 0.6) is 0 Å². The van der Waals surface area contributed by atoms with Crippen LogP contribution in [-0.2, 0) is 0 Å². The Kier molecular flexibility index (Phi) is 2.51. The Morgan fingerprint density at radius 1 is 1.14 bits per heavy atom. The summed E-state index contributed by atoms with van der Waals surface area (Å²) in [6.07, 6.45) is 0. The average molecular weight is 206 g/mol. The molecule has 0 spiro atoms. The van der Waals surface area contributed by atoms with Gasteiger partial charge in [0, 0.05) is 11.6 Å². The third-order valence-corrected chi connectivity index (χ3v) is 2.25. The summed E-state index contributed by atoms with van der Waals surface area (Å²) >= 11 is 5.93. The van der Waals surface area contributed by atoms with Gasteiger partial charge in [-0.3, -0.25) is 0 Å². The smallest absolute Gasteiger partial charge is 0.123 e. The average Bonchev–Trinajstić information content (AvgIpc) is 2.18. The van der Waals surface area contributed by atoms with Gasteiger partial charge >= 0.3 is 0 Å². The quantitative estimate of drug-likeness (QED) is 0.662. The third kappa shape index (κ3) is 1.78. The second kappa shape index (κ2) is 3.81. The van der Waals surface area contributed by atoms with E-state index in [9.17, 15) is 4.39 Å². The van der Waals surface area contributed by atoms with Crippen LogP contribution < -0.4 is 0 Å². The first-order valence-electron chi connectivity index (χ1n) is 4.19. The number of hydrogen-bond acceptors (Lipinski definition) is 0. The molecular formula is C12H7ClF. The van der Waals surface area contributed by atoms with Gasteiger partial charge in [-0.2, -0.15) is 0 Å². The zero-order chi connectivity index (χ0) is 9.97. The van der Waals surface area contributed by atoms with Crippen LogP contribution in [0.4, 0.5) is 4.39 Å². The van der Waals surface area contributed by atoms with Crippen LogP contribution in [0.3, 0.4) is 0 Å². The van der Waals surface area contributed by atoms with E-state index in [1.165, 1.54) is 12.1 Å². The molecule has 0 N–H and O–H groups in total. The van der Waals surface area contributed by atoms with E-state index >= 15 is 0 Å². The van der Waals surface area contributed by atoms with Gasteiger partial charge in [0.25, 0.3) is 0 Å². The fourth-order valence-corrected chi connectivity index (χ4v) is 1.53. The maximum absolute atomic E-state index is 12.9. The Balaban J connectivity index is 2.55. The topological polar surface area (TPSA) is 0 Å². The number of hydrogen-bond donors (Lipinski definition) is 0. The Labute approximate surface area is 87.0 Å². The van der Waals surface area contributed by atoms with Gasteiger partial charge in [-0.25, -0.2) is 4.39 Å². The summed E-state index contributed by atoms with van der Waals surface area (Å²) < 4.78 is 12.9. The van der Waals surface area contributed by atoms with Crippen molar-refractivity contribution in [2.45, 2.75) is 0 Å². The van der Waals surface area contributed by atoms with Gasteiger partial charge in [0.15, 0.2) is 0 Å². The summed E-state index contributed by atoms with van der Waals surface area (Å²) in [5.41, 5.74) is 1.57. The molecule has 69 valence electrons. The highest BCUT2D eigenvalue weighted by molar-refractivity contribution is 6.33. The first-order valence-corrected chi connectivity index (χ1v) is 4.57. The number of benzene rings is 2. The standard InChI is InChI=1S/C12H7ClF/c13-12-7-2-1-6-11(12)9-4-3-5-10(14)8-9/h1-6,8H. The van der Waals surface area contributed by atoms with Crippen LogP contribution in [0.15, 0.2) is 42.5 Å². The van der Waals surface area contributed by atoms with Gasteiger partial charge in [0.2, 0.25) is 0 Å². The zero-order valence-electron chi connectivity index (χ0n) is 7.30. The molecular weight excluding hydrogens is 199 g/mol. The molecule has 0 unspecified atom stereocenters. The minimum atomic E-state index is -0.262. The molecule has 0 bridgehead atoms. The third-order valence-electron chi connectivity index (χ3n) is 1.94. The van der Waals surface area contributed by atoms with Crippen LogP contribution >= 0.6 is 11.6 Å². The second-order valence-electron chi connectivity index (χ2n) is 2.91. The highest BCUT2D eigenvalue weighted by atomic mass is 35.5. The molecule has 0 aliphatic carbocycles. The van der Waals surface area contributed by atoms with Crippen molar-refractivity contribution in [3.05, 3.63) is 59.4 Å². The number of rotatable bonds is 1. The minimum absolute atomic E-state index is 0.262. The molecule has 14 heavy (non-hydrogen) atoms. The molecule has 0 saturated heterocycles. The Morgan fingerprint density at radius 3 is 2.71 bits per heavy atom. The molecule has 0 heterocycles. The van der Waals surface area contributed by atoms with E-state index < -0.39 is 0 Å². The SMILES string of the molecule is Fc1cccc(-c2ccc[c]c2Cl)c1. The minimum Gasteiger partial charge on any atom is -0.207 e. The van der Waals surface area contributed by atoms with E-state index in [-0.39, 0.29) is 5.82 Å². The van der Waals surface area contributed by atoms with Gasteiger partial charge in [0.05, 0.1) is 5.02 Å². The molecule has 2 aromatic rings. The highest BCUT2D eigenvalue weighted by Crippen LogP contribution is 2.27. The molecule has 2 rings (SSSR count). The Bertz CT molecular complexity index is 452. The summed E-state index contributed by atoms with van der Waals surface area (Å²) in [4.78, 5) is 0. The fraction of sp³-hybridized carbons (Fsp3) is 0. The van der Waals surface area contributed by atoms with Gasteiger partial charge < -0.3 is 0 Å². The first-order chi connectivity index (χ1) is 6.77. The van der Waals surface area contributed by atoms with E-state index in [1.807, 2.05) is 18.2 Å². The fourth-order valence-electron chi connectivity index (χ4n) is 1.30. The lowest BCUT2D eigenvalue weighted by atomic mass is 10.1. The van der Waals surface area contributed by atoms with Crippen molar-refractivity contribution in [1.29, 1.82) is 0 Å². The normalized spacial score (nSPS) is 10.1. The summed E-state index contributed by atoms with van der Waals surface area (Å²) in [5, 5.41) is 0.512. The lowest BCUT2D eigenvalue weighted by Gasteiger charge is -2.03. The van der Waals surface area contributed by atoms with Crippen molar-refractivity contribution >= 4 is 11.6 Å². The van der Waals surface area contributed by atoms with E-state index in [0.29, 0.717) is 5.02 Å². The lowest BCUT2D eigenvalue weighted by molar-refractivity contribution is 0.628. The molecule has 1 radical (unpaired) electrons. The zero-order valence-corrected chi connectivity index (χ0v) is 8.05. The van der Waals surface area contributed by atoms with Crippen molar-refractivity contribution in [3.8, 4) is 11.1 Å². The van der Waals surface area contributed by atoms with Crippen LogP contribution in [-0.4, -0.2) is 0 Å². The predicted octanol–water partition coefficient (Wildman–Crippen LogP) is 3.95. The van der Waals surface area contributed by atoms with E-state index in [1.54, 1.807) is 12.1 Å². The second-order valence-corrected chi connectivity index (χ2v) is 3.29. The Morgan fingerprint density at radius 2 is 2.00 bits per heavy atom. The Hall–Kier alpha value is -1.34. The van der Waals surface area contributed by atoms with Crippen molar-refractivity contribution in [3.63, 3.8) is 0 Å². The summed E-state index contributed by atoms with van der Waals surface area (Å²) in [5.74, 6) is -0.262. The summed E-state index contributed by atoms with van der Waals surface area (Å²) in [6.45, 7) is 0. The van der Waals surface area contributed by atoms with Crippen molar-refractivity contribution in [2.75, 3.05) is 0 Å². The van der Waals surface area contributed by atoms with E-state index in [2.05, 4.69) is 6.07 Å². The maximum atomic E-state index is 12.9. The molecule has 0 saturated carbocycles. The monoisotopic (exact) mass is 205 g/mol. The van der Waals surface area contributed by atoms with Crippen molar-refractivity contribution in [1.82, 2.24) is 0 Å². The summed E-state index contributed by atoms with van der Waals surface area (Å²) in [6, 6.07) is 14.6. The maximum Gasteiger partial charge on any atom is 0.123 e. The van der Waals surface area contributed by atoms with Crippen LogP contribution in [0.1, 0.15) is 0 Å². The molecule has 0 aliphatic heterocycles. The van der Waals surface area contributed by atoms with Gasteiger partial charge in [-0.05, 0) is 17.7 Å². The van der Waals surface area contributed by atoms with Crippen molar-refractivity contribution < 1.29 is 4.39 Å². The molecule has 2 aromatic carbocycles. The van der Waals surface area contributed by atoms with Crippen molar-refractivity contribution in [2.24, 2.45) is 0 Å². The lowest BCUT2D eigenvalue weighted by Crippen LogP contribution is -1.80. The van der Waals surface area contributed by atoms with Gasteiger partial charge in [0.1, 0.15) is 5.82 Å². The molecule has 0 fully saturated rings. The van der Waals surface area contributed by atoms with Crippen LogP contribution in [0, 0.1) is 11.9 Å². The first kappa shape index (κ1) is 9.22. The van der Waals surface area contributed by atoms with Crippen LogP contribution in [0.2, 0.25) is 5.02 Å². The molecule has 0 aliphatic rings. The predicted molar refractivity (Wildman–Crippen MR) is 55.7 cm³/mol.